The molecule has 1 fully saturated rings. The molecule has 1 aliphatic rings. The molecule has 1 aromatic rings. The van der Waals surface area contributed by atoms with Crippen molar-refractivity contribution in [2.24, 2.45) is 5.73 Å². The lowest BCUT2D eigenvalue weighted by Gasteiger charge is -2.28. The second-order valence-corrected chi connectivity index (χ2v) is 7.09. The average molecular weight is 429 g/mol. The summed E-state index contributed by atoms with van der Waals surface area (Å²) in [5.74, 6) is -3.52. The molecule has 166 valence electrons. The van der Waals surface area contributed by atoms with Crippen molar-refractivity contribution in [2.75, 3.05) is 13.1 Å². The first-order valence-electron chi connectivity index (χ1n) is 9.83. The number of nitrogens with two attached hydrogens (primary N) is 1. The summed E-state index contributed by atoms with van der Waals surface area (Å²) < 4.78 is 43.3. The van der Waals surface area contributed by atoms with Gasteiger partial charge in [-0.3, -0.25) is 9.59 Å². The van der Waals surface area contributed by atoms with Gasteiger partial charge in [-0.25, -0.2) is 4.79 Å². The van der Waals surface area contributed by atoms with Crippen LogP contribution in [0.25, 0.3) is 0 Å². The third-order valence-electron chi connectivity index (χ3n) is 4.84. The zero-order chi connectivity index (χ0) is 22.1. The third-order valence-corrected chi connectivity index (χ3v) is 4.84. The number of rotatable bonds is 9. The van der Waals surface area contributed by atoms with Gasteiger partial charge < -0.3 is 20.7 Å². The van der Waals surface area contributed by atoms with Crippen molar-refractivity contribution in [3.8, 4) is 0 Å². The van der Waals surface area contributed by atoms with Crippen LogP contribution in [0.4, 0.5) is 13.2 Å². The molecule has 1 heterocycles. The number of nitrogens with one attached hydrogen (secondary N) is 1. The number of nitrogens with zero attached hydrogens (tertiary/aromatic N) is 1. The van der Waals surface area contributed by atoms with Crippen LogP contribution < -0.4 is 11.1 Å². The average Bonchev–Trinajstić information content (AvgIpc) is 3.21. The molecule has 1 saturated heterocycles. The number of hydrogen-bond donors (Lipinski definition) is 2. The van der Waals surface area contributed by atoms with Crippen molar-refractivity contribution in [3.05, 3.63) is 35.9 Å². The van der Waals surface area contributed by atoms with Gasteiger partial charge in [0.25, 0.3) is 0 Å². The zero-order valence-electron chi connectivity index (χ0n) is 16.5. The lowest BCUT2D eigenvalue weighted by atomic mass is 10.1. The van der Waals surface area contributed by atoms with E-state index in [0.717, 1.165) is 5.56 Å². The van der Waals surface area contributed by atoms with Crippen LogP contribution in [-0.2, 0) is 25.7 Å². The molecule has 7 nitrogen and oxygen atoms in total. The van der Waals surface area contributed by atoms with E-state index in [1.54, 1.807) is 29.6 Å². The fourth-order valence-electron chi connectivity index (χ4n) is 3.29. The van der Waals surface area contributed by atoms with E-state index in [1.807, 2.05) is 6.07 Å². The molecule has 0 aromatic heterocycles. The predicted molar refractivity (Wildman–Crippen MR) is 102 cm³/mol. The number of carbonyl (C=O) groups is 3. The summed E-state index contributed by atoms with van der Waals surface area (Å²) in [7, 11) is 0. The Bertz CT molecular complexity index is 728. The van der Waals surface area contributed by atoms with Crippen molar-refractivity contribution in [2.45, 2.75) is 57.0 Å². The van der Waals surface area contributed by atoms with Crippen LogP contribution in [0.3, 0.4) is 0 Å². The number of benzene rings is 1. The minimum atomic E-state index is -5.11. The van der Waals surface area contributed by atoms with Gasteiger partial charge in [-0.1, -0.05) is 30.3 Å². The summed E-state index contributed by atoms with van der Waals surface area (Å²) in [5.41, 5.74) is 6.18. The minimum Gasteiger partial charge on any atom is -0.459 e. The number of ether oxygens (including phenoxy) is 1. The second kappa shape index (κ2) is 11.0. The van der Waals surface area contributed by atoms with Gasteiger partial charge in [-0.15, -0.1) is 0 Å². The van der Waals surface area contributed by atoms with Crippen LogP contribution >= 0.6 is 0 Å². The molecule has 0 aliphatic carbocycles. The first kappa shape index (κ1) is 23.7. The van der Waals surface area contributed by atoms with E-state index in [4.69, 9.17) is 10.5 Å². The zero-order valence-corrected chi connectivity index (χ0v) is 16.5. The lowest BCUT2D eigenvalue weighted by Crippen LogP contribution is -2.54. The molecule has 2 rings (SSSR count). The highest BCUT2D eigenvalue weighted by Gasteiger charge is 2.43. The van der Waals surface area contributed by atoms with E-state index < -0.39 is 36.0 Å². The fourth-order valence-corrected chi connectivity index (χ4v) is 3.29. The Morgan fingerprint density at radius 1 is 1.20 bits per heavy atom. The first-order valence-corrected chi connectivity index (χ1v) is 9.83. The Labute approximate surface area is 172 Å². The Balaban J connectivity index is 2.04. The van der Waals surface area contributed by atoms with Gasteiger partial charge in [0.05, 0.1) is 0 Å². The normalized spacial score (nSPS) is 17.5. The summed E-state index contributed by atoms with van der Waals surface area (Å²) in [5, 5.41) is 1.76. The predicted octanol–water partition coefficient (Wildman–Crippen LogP) is 1.90. The molecule has 3 N–H and O–H groups in total. The Kier molecular flexibility index (Phi) is 8.64. The van der Waals surface area contributed by atoms with Crippen molar-refractivity contribution in [3.63, 3.8) is 0 Å². The molecule has 1 aromatic carbocycles. The lowest BCUT2D eigenvalue weighted by molar-refractivity contribution is -0.175. The Morgan fingerprint density at radius 2 is 1.90 bits per heavy atom. The summed E-state index contributed by atoms with van der Waals surface area (Å²) in [6.45, 7) is 0.550. The summed E-state index contributed by atoms with van der Waals surface area (Å²) >= 11 is 0. The smallest absolute Gasteiger partial charge is 0.459 e. The maximum Gasteiger partial charge on any atom is 0.471 e. The number of hydrogen-bond acceptors (Lipinski definition) is 5. The van der Waals surface area contributed by atoms with Gasteiger partial charge in [0.2, 0.25) is 5.91 Å². The first-order chi connectivity index (χ1) is 14.2. The number of unbranched alkanes of at least 4 members (excludes halogenated alkanes) is 1. The third kappa shape index (κ3) is 6.72. The summed E-state index contributed by atoms with van der Waals surface area (Å²) in [6, 6.07) is 6.71. The van der Waals surface area contributed by atoms with E-state index in [9.17, 15) is 27.6 Å². The maximum absolute atomic E-state index is 12.9. The van der Waals surface area contributed by atoms with E-state index in [-0.39, 0.29) is 19.6 Å². The van der Waals surface area contributed by atoms with Crippen molar-refractivity contribution in [1.29, 1.82) is 0 Å². The van der Waals surface area contributed by atoms with Gasteiger partial charge in [-0.05, 0) is 44.2 Å². The van der Waals surface area contributed by atoms with Gasteiger partial charge in [0.15, 0.2) is 0 Å². The van der Waals surface area contributed by atoms with Gasteiger partial charge in [-0.2, -0.15) is 13.2 Å². The quantitative estimate of drug-likeness (QED) is 0.461. The molecule has 2 amide bonds. The number of alkyl halides is 3. The van der Waals surface area contributed by atoms with Crippen LogP contribution in [0.15, 0.2) is 30.3 Å². The highest BCUT2D eigenvalue weighted by atomic mass is 19.4. The highest BCUT2D eigenvalue weighted by Crippen LogP contribution is 2.22. The van der Waals surface area contributed by atoms with Crippen LogP contribution in [0.1, 0.15) is 37.7 Å². The fraction of sp³-hybridized carbons (Fsp3) is 0.550. The molecule has 2 atom stereocenters. The number of likely N-dealkylation sites (tertiary alicyclic amines) is 1. The van der Waals surface area contributed by atoms with E-state index in [0.29, 0.717) is 32.2 Å². The molecule has 0 spiro atoms. The molecular weight excluding hydrogens is 403 g/mol. The van der Waals surface area contributed by atoms with Gasteiger partial charge in [0.1, 0.15) is 18.7 Å². The van der Waals surface area contributed by atoms with Gasteiger partial charge >= 0.3 is 18.1 Å². The van der Waals surface area contributed by atoms with Crippen molar-refractivity contribution < 1.29 is 32.3 Å². The van der Waals surface area contributed by atoms with Crippen molar-refractivity contribution >= 4 is 17.8 Å². The largest absolute Gasteiger partial charge is 0.471 e. The van der Waals surface area contributed by atoms with Crippen LogP contribution in [0, 0.1) is 0 Å². The van der Waals surface area contributed by atoms with E-state index in [2.05, 4.69) is 0 Å². The molecule has 0 unspecified atom stereocenters. The van der Waals surface area contributed by atoms with Crippen LogP contribution in [0.2, 0.25) is 0 Å². The van der Waals surface area contributed by atoms with Gasteiger partial charge in [0, 0.05) is 6.54 Å². The van der Waals surface area contributed by atoms with Crippen molar-refractivity contribution in [1.82, 2.24) is 10.2 Å². The Morgan fingerprint density at radius 3 is 2.53 bits per heavy atom. The number of carbonyl (C=O) groups excluding carboxylic acids is 3. The monoisotopic (exact) mass is 429 g/mol. The molecule has 1 aliphatic heterocycles. The molecule has 0 radical (unpaired) electrons. The van der Waals surface area contributed by atoms with E-state index >= 15 is 0 Å². The van der Waals surface area contributed by atoms with Crippen LogP contribution in [-0.4, -0.2) is 54.0 Å². The maximum atomic E-state index is 12.9. The van der Waals surface area contributed by atoms with E-state index in [1.165, 1.54) is 4.90 Å². The SMILES string of the molecule is NCCCC[C@H](NC(=O)C(F)(F)F)C(=O)N1CCC[C@H]1C(=O)OCc1ccccc1. The molecule has 10 heteroatoms. The Hall–Kier alpha value is -2.62. The molecule has 0 saturated carbocycles. The number of esters is 1. The summed E-state index contributed by atoms with van der Waals surface area (Å²) in [4.78, 5) is 38.0. The topological polar surface area (TPSA) is 102 Å². The number of amides is 2. The van der Waals surface area contributed by atoms with Crippen LogP contribution in [0.5, 0.6) is 0 Å². The second-order valence-electron chi connectivity index (χ2n) is 7.09. The number of halogens is 3. The minimum absolute atomic E-state index is 0.000135. The molecule has 30 heavy (non-hydrogen) atoms. The standard InChI is InChI=1S/C20H26F3N3O4/c21-20(22,23)19(29)25-15(9-4-5-11-24)17(27)26-12-6-10-16(26)18(28)30-13-14-7-2-1-3-8-14/h1-3,7-8,15-16H,4-6,9-13,24H2,(H,25,29)/t15-,16-/m0/s1. The molecule has 0 bridgehead atoms. The highest BCUT2D eigenvalue weighted by molar-refractivity contribution is 5.92. The summed E-state index contributed by atoms with van der Waals surface area (Å²) in [6.07, 6.45) is -3.39. The molecular formula is C20H26F3N3O4.